The molecule has 6 nitrogen and oxygen atoms in total. The Hall–Kier alpha value is -2.80. The SMILES string of the molecule is Cc1cc(Nc2cnc(N)c(OC(C)c3cc(F)ccc3Cl)c2)nn1C. The van der Waals surface area contributed by atoms with Crippen molar-refractivity contribution in [3.8, 4) is 5.75 Å². The average Bonchev–Trinajstić information content (AvgIpc) is 2.90. The van der Waals surface area contributed by atoms with E-state index in [0.29, 0.717) is 27.8 Å². The lowest BCUT2D eigenvalue weighted by Crippen LogP contribution is -2.07. The van der Waals surface area contributed by atoms with Crippen molar-refractivity contribution in [2.75, 3.05) is 11.1 Å². The molecule has 0 spiro atoms. The Morgan fingerprint density at radius 1 is 1.31 bits per heavy atom. The summed E-state index contributed by atoms with van der Waals surface area (Å²) in [5, 5.41) is 7.90. The Morgan fingerprint density at radius 2 is 2.08 bits per heavy atom. The molecule has 0 radical (unpaired) electrons. The molecule has 3 N–H and O–H groups in total. The second-order valence-electron chi connectivity index (χ2n) is 5.95. The first-order valence-electron chi connectivity index (χ1n) is 7.98. The summed E-state index contributed by atoms with van der Waals surface area (Å²) < 4.78 is 21.1. The number of nitrogen functional groups attached to an aromatic ring is 1. The van der Waals surface area contributed by atoms with Gasteiger partial charge in [-0.15, -0.1) is 0 Å². The van der Waals surface area contributed by atoms with Gasteiger partial charge in [0, 0.05) is 35.5 Å². The van der Waals surface area contributed by atoms with Crippen LogP contribution in [0, 0.1) is 12.7 Å². The standard InChI is InChI=1S/C18H19ClFN5O/c1-10-6-17(24-25(10)3)23-13-8-16(18(21)22-9-13)26-11(2)14-7-12(20)4-5-15(14)19/h4-9,11H,1-3H3,(H2,21,22)(H,23,24). The van der Waals surface area contributed by atoms with Crippen LogP contribution in [0.25, 0.3) is 0 Å². The normalized spacial score (nSPS) is 12.0. The van der Waals surface area contributed by atoms with Crippen molar-refractivity contribution < 1.29 is 9.13 Å². The number of ether oxygens (including phenoxy) is 1. The summed E-state index contributed by atoms with van der Waals surface area (Å²) in [5.74, 6) is 0.901. The van der Waals surface area contributed by atoms with Gasteiger partial charge in [-0.1, -0.05) is 11.6 Å². The van der Waals surface area contributed by atoms with Crippen LogP contribution in [0.2, 0.25) is 5.02 Å². The molecule has 26 heavy (non-hydrogen) atoms. The van der Waals surface area contributed by atoms with Crippen molar-refractivity contribution in [2.24, 2.45) is 7.05 Å². The Bertz CT molecular complexity index is 924. The number of anilines is 3. The molecule has 2 aromatic heterocycles. The summed E-state index contributed by atoms with van der Waals surface area (Å²) in [6.07, 6.45) is 1.08. The van der Waals surface area contributed by atoms with Crippen LogP contribution in [0.3, 0.4) is 0 Å². The highest BCUT2D eigenvalue weighted by Crippen LogP contribution is 2.32. The van der Waals surface area contributed by atoms with Gasteiger partial charge in [-0.25, -0.2) is 9.37 Å². The predicted octanol–water partition coefficient (Wildman–Crippen LogP) is 4.38. The smallest absolute Gasteiger partial charge is 0.166 e. The van der Waals surface area contributed by atoms with Crippen molar-refractivity contribution in [3.05, 3.63) is 58.6 Å². The fourth-order valence-electron chi connectivity index (χ4n) is 2.47. The number of nitrogens with one attached hydrogen (secondary N) is 1. The van der Waals surface area contributed by atoms with Crippen molar-refractivity contribution in [1.29, 1.82) is 0 Å². The minimum absolute atomic E-state index is 0.229. The lowest BCUT2D eigenvalue weighted by molar-refractivity contribution is 0.227. The summed E-state index contributed by atoms with van der Waals surface area (Å²) in [5.41, 5.74) is 8.13. The molecule has 1 atom stereocenters. The monoisotopic (exact) mass is 375 g/mol. The number of aromatic nitrogens is 3. The van der Waals surface area contributed by atoms with Crippen LogP contribution in [0.15, 0.2) is 36.5 Å². The van der Waals surface area contributed by atoms with Gasteiger partial charge < -0.3 is 15.8 Å². The summed E-state index contributed by atoms with van der Waals surface area (Å²) >= 11 is 6.14. The highest BCUT2D eigenvalue weighted by Gasteiger charge is 2.15. The van der Waals surface area contributed by atoms with E-state index in [1.54, 1.807) is 23.9 Å². The molecule has 0 aliphatic rings. The maximum absolute atomic E-state index is 13.5. The van der Waals surface area contributed by atoms with E-state index < -0.39 is 6.10 Å². The maximum atomic E-state index is 13.5. The van der Waals surface area contributed by atoms with Crippen LogP contribution < -0.4 is 15.8 Å². The Balaban J connectivity index is 1.82. The highest BCUT2D eigenvalue weighted by atomic mass is 35.5. The first-order chi connectivity index (χ1) is 12.3. The van der Waals surface area contributed by atoms with Gasteiger partial charge in [0.05, 0.1) is 11.9 Å². The molecular formula is C18H19ClFN5O. The minimum Gasteiger partial charge on any atom is -0.482 e. The van der Waals surface area contributed by atoms with Crippen LogP contribution in [0.1, 0.15) is 24.3 Å². The molecule has 1 aromatic carbocycles. The van der Waals surface area contributed by atoms with Crippen LogP contribution in [0.4, 0.5) is 21.7 Å². The molecule has 3 rings (SSSR count). The van der Waals surface area contributed by atoms with E-state index in [-0.39, 0.29) is 11.6 Å². The van der Waals surface area contributed by atoms with E-state index in [9.17, 15) is 4.39 Å². The number of nitrogens with two attached hydrogens (primary N) is 1. The van der Waals surface area contributed by atoms with E-state index in [4.69, 9.17) is 22.1 Å². The van der Waals surface area contributed by atoms with Crippen LogP contribution in [0.5, 0.6) is 5.75 Å². The molecule has 0 aliphatic heterocycles. The zero-order valence-electron chi connectivity index (χ0n) is 14.6. The minimum atomic E-state index is -0.505. The number of nitrogens with zero attached hydrogens (tertiary/aromatic N) is 3. The molecule has 8 heteroatoms. The molecule has 136 valence electrons. The Morgan fingerprint density at radius 3 is 2.77 bits per heavy atom. The van der Waals surface area contributed by atoms with E-state index >= 15 is 0 Å². The van der Waals surface area contributed by atoms with Crippen LogP contribution in [-0.2, 0) is 7.05 Å². The number of hydrogen-bond donors (Lipinski definition) is 2. The van der Waals surface area contributed by atoms with Gasteiger partial charge in [-0.05, 0) is 32.0 Å². The lowest BCUT2D eigenvalue weighted by Gasteiger charge is -2.18. The largest absolute Gasteiger partial charge is 0.482 e. The molecular weight excluding hydrogens is 357 g/mol. The zero-order chi connectivity index (χ0) is 18.8. The van der Waals surface area contributed by atoms with Gasteiger partial charge in [0.15, 0.2) is 17.4 Å². The van der Waals surface area contributed by atoms with E-state index in [2.05, 4.69) is 15.4 Å². The van der Waals surface area contributed by atoms with Crippen molar-refractivity contribution >= 4 is 28.9 Å². The molecule has 0 saturated carbocycles. The number of hydrogen-bond acceptors (Lipinski definition) is 5. The zero-order valence-corrected chi connectivity index (χ0v) is 15.4. The summed E-state index contributed by atoms with van der Waals surface area (Å²) in [6.45, 7) is 3.72. The fraction of sp³-hybridized carbons (Fsp3) is 0.222. The average molecular weight is 376 g/mol. The molecule has 1 unspecified atom stereocenters. The second-order valence-corrected chi connectivity index (χ2v) is 6.36. The van der Waals surface area contributed by atoms with Gasteiger partial charge >= 0.3 is 0 Å². The van der Waals surface area contributed by atoms with Gasteiger partial charge in [0.1, 0.15) is 11.9 Å². The quantitative estimate of drug-likeness (QED) is 0.691. The highest BCUT2D eigenvalue weighted by molar-refractivity contribution is 6.31. The molecule has 0 bridgehead atoms. The van der Waals surface area contributed by atoms with Gasteiger partial charge in [0.2, 0.25) is 0 Å². The third-order valence-electron chi connectivity index (χ3n) is 3.97. The number of pyridine rings is 1. The van der Waals surface area contributed by atoms with Crippen molar-refractivity contribution in [3.63, 3.8) is 0 Å². The van der Waals surface area contributed by atoms with Crippen molar-refractivity contribution in [2.45, 2.75) is 20.0 Å². The Kier molecular flexibility index (Phi) is 4.99. The molecule has 0 fully saturated rings. The molecule has 2 heterocycles. The van der Waals surface area contributed by atoms with Gasteiger partial charge in [-0.3, -0.25) is 4.68 Å². The summed E-state index contributed by atoms with van der Waals surface area (Å²) in [7, 11) is 1.86. The first-order valence-corrected chi connectivity index (χ1v) is 8.36. The lowest BCUT2D eigenvalue weighted by atomic mass is 10.1. The maximum Gasteiger partial charge on any atom is 0.166 e. The molecule has 0 aliphatic carbocycles. The molecule has 3 aromatic rings. The summed E-state index contributed by atoms with van der Waals surface area (Å²) in [4.78, 5) is 4.14. The third kappa shape index (κ3) is 3.88. The summed E-state index contributed by atoms with van der Waals surface area (Å²) in [6, 6.07) is 7.76. The van der Waals surface area contributed by atoms with Gasteiger partial charge in [-0.2, -0.15) is 5.10 Å². The topological polar surface area (TPSA) is 78.0 Å². The van der Waals surface area contributed by atoms with E-state index in [1.165, 1.54) is 18.2 Å². The number of aryl methyl sites for hydroxylation is 2. The number of benzene rings is 1. The molecule has 0 amide bonds. The van der Waals surface area contributed by atoms with Crippen LogP contribution in [-0.4, -0.2) is 14.8 Å². The predicted molar refractivity (Wildman–Crippen MR) is 100 cm³/mol. The van der Waals surface area contributed by atoms with E-state index in [0.717, 1.165) is 5.69 Å². The Labute approximate surface area is 155 Å². The fourth-order valence-corrected chi connectivity index (χ4v) is 2.74. The van der Waals surface area contributed by atoms with Crippen molar-refractivity contribution in [1.82, 2.24) is 14.8 Å². The molecule has 0 saturated heterocycles. The number of halogens is 2. The first kappa shape index (κ1) is 18.0. The van der Waals surface area contributed by atoms with Gasteiger partial charge in [0.25, 0.3) is 0 Å². The third-order valence-corrected chi connectivity index (χ3v) is 4.31. The number of rotatable bonds is 5. The van der Waals surface area contributed by atoms with Crippen LogP contribution >= 0.6 is 11.6 Å². The van der Waals surface area contributed by atoms with E-state index in [1.807, 2.05) is 20.0 Å². The second kappa shape index (κ2) is 7.21.